The van der Waals surface area contributed by atoms with E-state index >= 15 is 0 Å². The van der Waals surface area contributed by atoms with Crippen molar-refractivity contribution in [3.63, 3.8) is 0 Å². The molecular formula is C28H33NO8. The maximum absolute atomic E-state index is 12.2. The number of ketones is 2. The van der Waals surface area contributed by atoms with Gasteiger partial charge >= 0.3 is 6.09 Å². The van der Waals surface area contributed by atoms with Crippen LogP contribution in [0.4, 0.5) is 4.79 Å². The van der Waals surface area contributed by atoms with Crippen LogP contribution in [-0.4, -0.2) is 55.7 Å². The van der Waals surface area contributed by atoms with Crippen LogP contribution < -0.4 is 19.5 Å². The van der Waals surface area contributed by atoms with Crippen LogP contribution in [0.3, 0.4) is 0 Å². The Morgan fingerprint density at radius 3 is 2.00 bits per heavy atom. The first-order chi connectivity index (χ1) is 17.5. The van der Waals surface area contributed by atoms with E-state index in [1.807, 2.05) is 0 Å². The number of allylic oxidation sites excluding steroid dienone is 2. The van der Waals surface area contributed by atoms with Crippen molar-refractivity contribution in [3.05, 3.63) is 59.7 Å². The first-order valence-corrected chi connectivity index (χ1v) is 11.6. The van der Waals surface area contributed by atoms with Gasteiger partial charge in [-0.05, 0) is 68.3 Å². The summed E-state index contributed by atoms with van der Waals surface area (Å²) in [4.78, 5) is 36.1. The minimum Gasteiger partial charge on any atom is -0.504 e. The van der Waals surface area contributed by atoms with Crippen molar-refractivity contribution in [1.82, 2.24) is 5.32 Å². The molecule has 198 valence electrons. The van der Waals surface area contributed by atoms with E-state index in [4.69, 9.17) is 18.9 Å². The average Bonchev–Trinajstić information content (AvgIpc) is 2.84. The van der Waals surface area contributed by atoms with E-state index in [9.17, 15) is 19.5 Å². The second-order valence-electron chi connectivity index (χ2n) is 8.89. The third-order valence-corrected chi connectivity index (χ3v) is 4.69. The molecule has 9 heteroatoms. The number of benzene rings is 2. The number of carbonyl (C=O) groups is 3. The minimum absolute atomic E-state index is 0.00211. The zero-order valence-electron chi connectivity index (χ0n) is 21.7. The zero-order valence-corrected chi connectivity index (χ0v) is 21.7. The summed E-state index contributed by atoms with van der Waals surface area (Å²) in [6.45, 7) is 5.80. The summed E-state index contributed by atoms with van der Waals surface area (Å²) < 4.78 is 21.2. The predicted molar refractivity (Wildman–Crippen MR) is 140 cm³/mol. The lowest BCUT2D eigenvalue weighted by Crippen LogP contribution is -2.34. The molecule has 37 heavy (non-hydrogen) atoms. The van der Waals surface area contributed by atoms with Crippen LogP contribution in [0.2, 0.25) is 0 Å². The highest BCUT2D eigenvalue weighted by Gasteiger charge is 2.15. The normalized spacial score (nSPS) is 11.4. The van der Waals surface area contributed by atoms with Crippen LogP contribution in [-0.2, 0) is 14.3 Å². The van der Waals surface area contributed by atoms with Crippen LogP contribution in [0.1, 0.15) is 38.3 Å². The SMILES string of the molecule is COc1cc(C=CC(=O)CC(=O)C=Cc2ccc(OCCNC(=O)OC(C)(C)C)c(OC)c2)ccc1O. The predicted octanol–water partition coefficient (Wildman–Crippen LogP) is 4.57. The van der Waals surface area contributed by atoms with E-state index in [-0.39, 0.29) is 42.6 Å². The number of alkyl carbamates (subject to hydrolysis) is 1. The number of hydrogen-bond donors (Lipinski definition) is 2. The number of phenolic OH excluding ortho intramolecular Hbond substituents is 1. The monoisotopic (exact) mass is 511 g/mol. The molecule has 0 atom stereocenters. The molecule has 0 saturated heterocycles. The Labute approximate surface area is 216 Å². The van der Waals surface area contributed by atoms with Crippen molar-refractivity contribution in [1.29, 1.82) is 0 Å². The van der Waals surface area contributed by atoms with Crippen LogP contribution in [0.15, 0.2) is 48.6 Å². The number of amides is 1. The number of carbonyl (C=O) groups excluding carboxylic acids is 3. The van der Waals surface area contributed by atoms with E-state index in [0.29, 0.717) is 22.6 Å². The van der Waals surface area contributed by atoms with Gasteiger partial charge in [-0.25, -0.2) is 4.79 Å². The molecule has 2 N–H and O–H groups in total. The van der Waals surface area contributed by atoms with Crippen molar-refractivity contribution < 1.29 is 38.4 Å². The Bertz CT molecular complexity index is 1160. The Hall–Kier alpha value is -4.27. The maximum atomic E-state index is 12.2. The van der Waals surface area contributed by atoms with Crippen LogP contribution >= 0.6 is 0 Å². The summed E-state index contributed by atoms with van der Waals surface area (Å²) in [6.07, 6.45) is 4.96. The summed E-state index contributed by atoms with van der Waals surface area (Å²) in [5, 5.41) is 12.2. The molecule has 0 aliphatic rings. The number of phenols is 1. The van der Waals surface area contributed by atoms with Crippen molar-refractivity contribution >= 4 is 29.8 Å². The van der Waals surface area contributed by atoms with Gasteiger partial charge in [0, 0.05) is 0 Å². The van der Waals surface area contributed by atoms with Crippen molar-refractivity contribution in [2.45, 2.75) is 32.8 Å². The molecule has 0 heterocycles. The quantitative estimate of drug-likeness (QED) is 0.242. The molecule has 0 radical (unpaired) electrons. The van der Waals surface area contributed by atoms with Crippen LogP contribution in [0, 0.1) is 0 Å². The Kier molecular flexibility index (Phi) is 10.7. The summed E-state index contributed by atoms with van der Waals surface area (Å²) in [6, 6.07) is 9.79. The molecule has 2 rings (SSSR count). The second kappa shape index (κ2) is 13.7. The molecule has 0 aliphatic heterocycles. The number of aromatic hydroxyl groups is 1. The zero-order chi connectivity index (χ0) is 27.4. The molecule has 0 aromatic heterocycles. The minimum atomic E-state index is -0.578. The van der Waals surface area contributed by atoms with Gasteiger partial charge < -0.3 is 29.4 Å². The highest BCUT2D eigenvalue weighted by Crippen LogP contribution is 2.29. The molecule has 0 bridgehead atoms. The van der Waals surface area contributed by atoms with E-state index in [2.05, 4.69) is 5.32 Å². The van der Waals surface area contributed by atoms with Gasteiger partial charge in [0.15, 0.2) is 34.6 Å². The first kappa shape index (κ1) is 29.0. The number of methoxy groups -OCH3 is 2. The fourth-order valence-electron chi connectivity index (χ4n) is 3.00. The topological polar surface area (TPSA) is 120 Å². The highest BCUT2D eigenvalue weighted by molar-refractivity contribution is 6.10. The number of hydrogen-bond acceptors (Lipinski definition) is 8. The van der Waals surface area contributed by atoms with Gasteiger partial charge in [0.25, 0.3) is 0 Å². The first-order valence-electron chi connectivity index (χ1n) is 11.6. The van der Waals surface area contributed by atoms with Gasteiger partial charge in [-0.2, -0.15) is 0 Å². The number of rotatable bonds is 12. The molecule has 0 spiro atoms. The third-order valence-electron chi connectivity index (χ3n) is 4.69. The third kappa shape index (κ3) is 10.5. The van der Waals surface area contributed by atoms with E-state index in [1.54, 1.807) is 63.3 Å². The molecular weight excluding hydrogens is 478 g/mol. The van der Waals surface area contributed by atoms with E-state index in [1.165, 1.54) is 32.4 Å². The Morgan fingerprint density at radius 2 is 1.43 bits per heavy atom. The summed E-state index contributed by atoms with van der Waals surface area (Å²) in [5.74, 6) is 0.502. The summed E-state index contributed by atoms with van der Waals surface area (Å²) in [5.41, 5.74) is 0.760. The molecule has 9 nitrogen and oxygen atoms in total. The van der Waals surface area contributed by atoms with Gasteiger partial charge in [-0.15, -0.1) is 0 Å². The van der Waals surface area contributed by atoms with Crippen molar-refractivity contribution in [3.8, 4) is 23.0 Å². The molecule has 0 fully saturated rings. The lowest BCUT2D eigenvalue weighted by molar-refractivity contribution is -0.121. The van der Waals surface area contributed by atoms with Crippen LogP contribution in [0.5, 0.6) is 23.0 Å². The summed E-state index contributed by atoms with van der Waals surface area (Å²) >= 11 is 0. The summed E-state index contributed by atoms with van der Waals surface area (Å²) in [7, 11) is 2.93. The average molecular weight is 512 g/mol. The second-order valence-corrected chi connectivity index (χ2v) is 8.89. The largest absolute Gasteiger partial charge is 0.504 e. The molecule has 1 amide bonds. The number of nitrogens with one attached hydrogen (secondary N) is 1. The molecule has 0 unspecified atom stereocenters. The maximum Gasteiger partial charge on any atom is 0.407 e. The highest BCUT2D eigenvalue weighted by atomic mass is 16.6. The van der Waals surface area contributed by atoms with Crippen molar-refractivity contribution in [2.24, 2.45) is 0 Å². The lowest BCUT2D eigenvalue weighted by Gasteiger charge is -2.19. The van der Waals surface area contributed by atoms with E-state index in [0.717, 1.165) is 0 Å². The smallest absolute Gasteiger partial charge is 0.407 e. The number of ether oxygens (including phenoxy) is 4. The fraction of sp³-hybridized carbons (Fsp3) is 0.321. The van der Waals surface area contributed by atoms with Gasteiger partial charge in [-0.3, -0.25) is 9.59 Å². The molecule has 0 saturated carbocycles. The van der Waals surface area contributed by atoms with Crippen LogP contribution in [0.25, 0.3) is 12.2 Å². The van der Waals surface area contributed by atoms with Gasteiger partial charge in [0.05, 0.1) is 27.2 Å². The Balaban J connectivity index is 1.87. The standard InChI is InChI=1S/C28H33NO8/c1-28(2,3)37-27(33)29-14-15-36-24-13-9-20(17-26(24)35-5)7-11-22(31)18-21(30)10-6-19-8-12-23(32)25(16-19)34-4/h6-13,16-17,32H,14-15,18H2,1-5H3,(H,29,33). The molecule has 2 aromatic rings. The van der Waals surface area contributed by atoms with Gasteiger partial charge in [0.2, 0.25) is 0 Å². The van der Waals surface area contributed by atoms with Gasteiger partial charge in [0.1, 0.15) is 12.2 Å². The van der Waals surface area contributed by atoms with E-state index < -0.39 is 11.7 Å². The molecule has 0 aliphatic carbocycles. The van der Waals surface area contributed by atoms with Gasteiger partial charge in [-0.1, -0.05) is 24.3 Å². The Morgan fingerprint density at radius 1 is 0.865 bits per heavy atom. The molecule has 2 aromatic carbocycles. The lowest BCUT2D eigenvalue weighted by atomic mass is 10.1. The van der Waals surface area contributed by atoms with Crippen molar-refractivity contribution in [2.75, 3.05) is 27.4 Å². The fourth-order valence-corrected chi connectivity index (χ4v) is 3.00.